The average Bonchev–Trinajstić information content (AvgIpc) is 2.94. The Morgan fingerprint density at radius 3 is 0.944 bits per heavy atom. The van der Waals surface area contributed by atoms with E-state index in [-0.39, 0.29) is 10.4 Å². The number of hydrogen-bond donors (Lipinski definition) is 0. The summed E-state index contributed by atoms with van der Waals surface area (Å²) in [6.07, 6.45) is 0. The van der Waals surface area contributed by atoms with E-state index in [0.29, 0.717) is 0 Å². The van der Waals surface area contributed by atoms with Gasteiger partial charge in [-0.05, 0) is 0 Å². The fourth-order valence-electron chi connectivity index (χ4n) is 4.74. The van der Waals surface area contributed by atoms with E-state index in [2.05, 4.69) is 0 Å². The van der Waals surface area contributed by atoms with Gasteiger partial charge in [0.2, 0.25) is 0 Å². The van der Waals surface area contributed by atoms with E-state index >= 15 is 0 Å². The molecule has 182 valence electrons. The van der Waals surface area contributed by atoms with Crippen molar-refractivity contribution in [2.45, 2.75) is 4.90 Å². The van der Waals surface area contributed by atoms with Gasteiger partial charge in [0.1, 0.15) is 0 Å². The van der Waals surface area contributed by atoms with Gasteiger partial charge >= 0.3 is 207 Å². The van der Waals surface area contributed by atoms with Gasteiger partial charge in [-0.15, -0.1) is 0 Å². The van der Waals surface area contributed by atoms with Crippen LogP contribution in [0.1, 0.15) is 0 Å². The molecule has 6 heteroatoms. The molecule has 0 fully saturated rings. The van der Waals surface area contributed by atoms with E-state index < -0.39 is 16.9 Å². The summed E-state index contributed by atoms with van der Waals surface area (Å²) in [4.78, 5) is 0.118. The molecule has 0 spiro atoms. The fourth-order valence-corrected chi connectivity index (χ4v) is 13.3. The van der Waals surface area contributed by atoms with Crippen molar-refractivity contribution in [1.29, 1.82) is 0 Å². The molecule has 0 saturated carbocycles. The summed E-state index contributed by atoms with van der Waals surface area (Å²) >= 11 is 0. The van der Waals surface area contributed by atoms with Crippen molar-refractivity contribution >= 4 is 38.2 Å². The van der Waals surface area contributed by atoms with Crippen LogP contribution in [0.15, 0.2) is 157 Å². The molecule has 5 rings (SSSR count). The first kappa shape index (κ1) is 25.5. The SMILES string of the molecule is O.O=S(=O)(OP(c1ccccc1)(c1ccccc1)(c1ccccc1)c1ccccc1)c1ccccc1. The molecule has 0 aliphatic heterocycles. The first-order valence-electron chi connectivity index (χ1n) is 11.3. The Balaban J connectivity index is 0.00000304. The van der Waals surface area contributed by atoms with Crippen LogP contribution in [-0.2, 0) is 14.1 Å². The summed E-state index contributed by atoms with van der Waals surface area (Å²) in [5, 5.41) is 3.23. The quantitative estimate of drug-likeness (QED) is 0.303. The molecule has 36 heavy (non-hydrogen) atoms. The van der Waals surface area contributed by atoms with Crippen molar-refractivity contribution in [3.05, 3.63) is 152 Å². The molecule has 0 aliphatic carbocycles. The minimum absolute atomic E-state index is 0. The van der Waals surface area contributed by atoms with Gasteiger partial charge in [-0.2, -0.15) is 0 Å². The third kappa shape index (κ3) is 3.97. The van der Waals surface area contributed by atoms with E-state index in [1.165, 1.54) is 0 Å². The van der Waals surface area contributed by atoms with E-state index in [1.54, 1.807) is 30.3 Å². The van der Waals surface area contributed by atoms with E-state index in [4.69, 9.17) is 3.97 Å². The molecule has 0 saturated heterocycles. The Kier molecular flexibility index (Phi) is 7.21. The van der Waals surface area contributed by atoms with Gasteiger partial charge in [0.15, 0.2) is 0 Å². The normalized spacial score (nSPS) is 12.6. The molecule has 0 bridgehead atoms. The Morgan fingerprint density at radius 1 is 0.417 bits per heavy atom. The van der Waals surface area contributed by atoms with E-state index in [1.807, 2.05) is 121 Å². The summed E-state index contributed by atoms with van der Waals surface area (Å²) in [6.45, 7) is -4.29. The Hall–Kier alpha value is -3.60. The van der Waals surface area contributed by atoms with Gasteiger partial charge in [-0.3, -0.25) is 0 Å². The topological polar surface area (TPSA) is 74.9 Å². The van der Waals surface area contributed by atoms with Gasteiger partial charge in [-0.1, -0.05) is 0 Å². The van der Waals surface area contributed by atoms with Crippen LogP contribution in [0.25, 0.3) is 0 Å². The zero-order chi connectivity index (χ0) is 24.2. The third-order valence-electron chi connectivity index (χ3n) is 6.27. The molecule has 0 radical (unpaired) electrons. The molecule has 2 N–H and O–H groups in total. The third-order valence-corrected chi connectivity index (χ3v) is 14.2. The predicted molar refractivity (Wildman–Crippen MR) is 150 cm³/mol. The summed E-state index contributed by atoms with van der Waals surface area (Å²) < 4.78 is 35.2. The number of benzene rings is 5. The van der Waals surface area contributed by atoms with Gasteiger partial charge in [-0.25, -0.2) is 0 Å². The molecule has 0 atom stereocenters. The van der Waals surface area contributed by atoms with Crippen molar-refractivity contribution in [3.63, 3.8) is 0 Å². The summed E-state index contributed by atoms with van der Waals surface area (Å²) in [7, 11) is -4.21. The molecule has 0 heterocycles. The molecule has 0 unspecified atom stereocenters. The summed E-state index contributed by atoms with van der Waals surface area (Å²) in [5.41, 5.74) is 0. The van der Waals surface area contributed by atoms with Gasteiger partial charge in [0.25, 0.3) is 0 Å². The molecule has 0 aliphatic rings. The molecule has 0 aromatic heterocycles. The van der Waals surface area contributed by atoms with Crippen molar-refractivity contribution in [1.82, 2.24) is 0 Å². The maximum absolute atomic E-state index is 14.2. The molecule has 4 nitrogen and oxygen atoms in total. The van der Waals surface area contributed by atoms with Crippen molar-refractivity contribution in [2.75, 3.05) is 0 Å². The van der Waals surface area contributed by atoms with E-state index in [0.717, 1.165) is 21.2 Å². The van der Waals surface area contributed by atoms with E-state index in [9.17, 15) is 8.42 Å². The van der Waals surface area contributed by atoms with Crippen LogP contribution in [0.3, 0.4) is 0 Å². The summed E-state index contributed by atoms with van der Waals surface area (Å²) in [5.74, 6) is 0. The van der Waals surface area contributed by atoms with Crippen LogP contribution in [0.4, 0.5) is 0 Å². The number of rotatable bonds is 7. The van der Waals surface area contributed by atoms with Gasteiger partial charge < -0.3 is 5.48 Å². The molecular weight excluding hydrogens is 487 g/mol. The Labute approximate surface area is 212 Å². The second-order valence-corrected chi connectivity index (χ2v) is 14.3. The Bertz CT molecular complexity index is 1340. The van der Waals surface area contributed by atoms with Crippen LogP contribution in [-0.4, -0.2) is 13.9 Å². The average molecular weight is 515 g/mol. The van der Waals surface area contributed by atoms with Crippen molar-refractivity contribution < 1.29 is 17.9 Å². The van der Waals surface area contributed by atoms with Crippen LogP contribution >= 0.6 is 6.83 Å². The van der Waals surface area contributed by atoms with Crippen LogP contribution in [0.5, 0.6) is 0 Å². The van der Waals surface area contributed by atoms with Crippen molar-refractivity contribution in [2.24, 2.45) is 0 Å². The van der Waals surface area contributed by atoms with Crippen molar-refractivity contribution in [3.8, 4) is 0 Å². The number of hydrogen-bond acceptors (Lipinski definition) is 3. The zero-order valence-corrected chi connectivity index (χ0v) is 21.2. The van der Waals surface area contributed by atoms with Gasteiger partial charge in [0.05, 0.1) is 0 Å². The fraction of sp³-hybridized carbons (Fsp3) is 0. The minimum atomic E-state index is -4.29. The second kappa shape index (κ2) is 10.2. The monoisotopic (exact) mass is 514 g/mol. The van der Waals surface area contributed by atoms with Crippen LogP contribution in [0.2, 0.25) is 0 Å². The van der Waals surface area contributed by atoms with Gasteiger partial charge in [0, 0.05) is 0 Å². The molecule has 5 aromatic carbocycles. The molecule has 5 aromatic rings. The predicted octanol–water partition coefficient (Wildman–Crippen LogP) is 4.34. The summed E-state index contributed by atoms with van der Waals surface area (Å²) in [6, 6.07) is 47.4. The maximum atomic E-state index is 14.2. The second-order valence-electron chi connectivity index (χ2n) is 8.22. The van der Waals surface area contributed by atoms with Crippen LogP contribution < -0.4 is 21.2 Å². The first-order valence-corrected chi connectivity index (χ1v) is 14.9. The zero-order valence-electron chi connectivity index (χ0n) is 19.5. The van der Waals surface area contributed by atoms with Crippen LogP contribution in [0, 0.1) is 0 Å². The molecular formula is C30H27O4PS. The Morgan fingerprint density at radius 2 is 0.667 bits per heavy atom. The molecule has 0 amide bonds. The standard InChI is InChI=1S/C30H25O3PS.H2O/c31-35(32,30-24-14-5-15-25-30)33-34(26-16-6-1-7-17-26,27-18-8-2-9-19-27,28-20-10-3-11-21-28)29-22-12-4-13-23-29;/h1-25H;1H2. The first-order chi connectivity index (χ1) is 17.1.